The minimum absolute atomic E-state index is 0.00153. The van der Waals surface area contributed by atoms with Gasteiger partial charge < -0.3 is 9.84 Å². The second-order valence-corrected chi connectivity index (χ2v) is 3.20. The predicted molar refractivity (Wildman–Crippen MR) is 48.1 cm³/mol. The van der Waals surface area contributed by atoms with Crippen LogP contribution in [-0.2, 0) is 4.74 Å². The lowest BCUT2D eigenvalue weighted by molar-refractivity contribution is -0.0383. The molecule has 1 N–H and O–H groups in total. The van der Waals surface area contributed by atoms with Crippen LogP contribution in [0.3, 0.4) is 0 Å². The highest BCUT2D eigenvalue weighted by atomic mass is 16.5. The van der Waals surface area contributed by atoms with Crippen LogP contribution in [0, 0.1) is 11.3 Å². The van der Waals surface area contributed by atoms with Gasteiger partial charge in [-0.25, -0.2) is 0 Å². The molecule has 2 atom stereocenters. The Balaban J connectivity index is 2.58. The number of nitrogens with zero attached hydrogens (tertiary/aromatic N) is 2. The van der Waals surface area contributed by atoms with Crippen molar-refractivity contribution in [2.24, 2.45) is 0 Å². The smallest absolute Gasteiger partial charge is 0.0980 e. The summed E-state index contributed by atoms with van der Waals surface area (Å²) < 4.78 is 5.23. The van der Waals surface area contributed by atoms with Crippen LogP contribution in [0.4, 0.5) is 0 Å². The molecule has 0 saturated carbocycles. The van der Waals surface area contributed by atoms with Crippen molar-refractivity contribution in [2.75, 3.05) is 26.4 Å². The van der Waals surface area contributed by atoms with Crippen LogP contribution in [0.25, 0.3) is 0 Å². The first-order valence-electron chi connectivity index (χ1n) is 4.67. The second-order valence-electron chi connectivity index (χ2n) is 3.20. The van der Waals surface area contributed by atoms with Gasteiger partial charge in [0.25, 0.3) is 0 Å². The van der Waals surface area contributed by atoms with Gasteiger partial charge in [0.05, 0.1) is 38.0 Å². The van der Waals surface area contributed by atoms with E-state index in [2.05, 4.69) is 6.07 Å². The van der Waals surface area contributed by atoms with E-state index in [-0.39, 0.29) is 18.7 Å². The maximum Gasteiger partial charge on any atom is 0.0980 e. The maximum absolute atomic E-state index is 9.07. The molecule has 1 aliphatic heterocycles. The highest BCUT2D eigenvalue weighted by Crippen LogP contribution is 2.12. The number of morpholine rings is 1. The molecule has 13 heavy (non-hydrogen) atoms. The van der Waals surface area contributed by atoms with Crippen LogP contribution in [0.5, 0.6) is 0 Å². The standard InChI is InChI=1S/C9H16N2O2/c1-2-8(5-10)11-3-4-13-7-9(11)6-12/h8-9,12H,2-4,6-7H2,1H3. The predicted octanol–water partition coefficient (Wildman–Crippen LogP) is -0.0183. The van der Waals surface area contributed by atoms with E-state index in [1.807, 2.05) is 11.8 Å². The Morgan fingerprint density at radius 3 is 3.08 bits per heavy atom. The van der Waals surface area contributed by atoms with Gasteiger partial charge in [-0.3, -0.25) is 4.90 Å². The summed E-state index contributed by atoms with van der Waals surface area (Å²) in [5, 5.41) is 17.9. The summed E-state index contributed by atoms with van der Waals surface area (Å²) in [5.74, 6) is 0. The van der Waals surface area contributed by atoms with Gasteiger partial charge in [0.2, 0.25) is 0 Å². The lowest BCUT2D eigenvalue weighted by atomic mass is 10.1. The highest BCUT2D eigenvalue weighted by molar-refractivity contribution is 4.94. The molecule has 0 bridgehead atoms. The lowest BCUT2D eigenvalue weighted by Crippen LogP contribution is -2.51. The van der Waals surface area contributed by atoms with Gasteiger partial charge in [0.15, 0.2) is 0 Å². The first kappa shape index (κ1) is 10.5. The van der Waals surface area contributed by atoms with Gasteiger partial charge in [-0.05, 0) is 6.42 Å². The van der Waals surface area contributed by atoms with Crippen LogP contribution < -0.4 is 0 Å². The molecular weight excluding hydrogens is 168 g/mol. The Hall–Kier alpha value is -0.630. The fraction of sp³-hybridized carbons (Fsp3) is 0.889. The quantitative estimate of drug-likeness (QED) is 0.670. The molecule has 4 heteroatoms. The number of aliphatic hydroxyl groups excluding tert-OH is 1. The molecule has 1 saturated heterocycles. The van der Waals surface area contributed by atoms with Gasteiger partial charge in [0.1, 0.15) is 0 Å². The molecule has 0 radical (unpaired) electrons. The molecular formula is C9H16N2O2. The van der Waals surface area contributed by atoms with Gasteiger partial charge in [-0.15, -0.1) is 0 Å². The molecule has 0 spiro atoms. The second kappa shape index (κ2) is 5.18. The fourth-order valence-electron chi connectivity index (χ4n) is 1.64. The van der Waals surface area contributed by atoms with Crippen molar-refractivity contribution in [1.82, 2.24) is 4.90 Å². The average molecular weight is 184 g/mol. The van der Waals surface area contributed by atoms with E-state index in [1.165, 1.54) is 0 Å². The van der Waals surface area contributed by atoms with E-state index in [0.717, 1.165) is 13.0 Å². The van der Waals surface area contributed by atoms with Crippen molar-refractivity contribution >= 4 is 0 Å². The van der Waals surface area contributed by atoms with Crippen molar-refractivity contribution in [3.05, 3.63) is 0 Å². The molecule has 2 unspecified atom stereocenters. The molecule has 0 aromatic carbocycles. The lowest BCUT2D eigenvalue weighted by Gasteiger charge is -2.36. The Morgan fingerprint density at radius 2 is 2.54 bits per heavy atom. The molecule has 0 aromatic heterocycles. The zero-order chi connectivity index (χ0) is 9.68. The molecule has 1 rings (SSSR count). The third kappa shape index (κ3) is 2.41. The van der Waals surface area contributed by atoms with Crippen LogP contribution in [0.1, 0.15) is 13.3 Å². The van der Waals surface area contributed by atoms with Crippen molar-refractivity contribution in [3.8, 4) is 6.07 Å². The summed E-state index contributed by atoms with van der Waals surface area (Å²) in [4.78, 5) is 2.03. The van der Waals surface area contributed by atoms with E-state index in [9.17, 15) is 0 Å². The van der Waals surface area contributed by atoms with Crippen molar-refractivity contribution in [3.63, 3.8) is 0 Å². The first-order valence-corrected chi connectivity index (χ1v) is 4.67. The van der Waals surface area contributed by atoms with Gasteiger partial charge >= 0.3 is 0 Å². The van der Waals surface area contributed by atoms with Crippen molar-refractivity contribution in [1.29, 1.82) is 5.26 Å². The Labute approximate surface area is 78.7 Å². The molecule has 1 heterocycles. The Bertz CT molecular complexity index is 191. The summed E-state index contributed by atoms with van der Waals surface area (Å²) in [6.45, 7) is 4.00. The summed E-state index contributed by atoms with van der Waals surface area (Å²) in [6, 6.07) is 2.16. The minimum Gasteiger partial charge on any atom is -0.395 e. The summed E-state index contributed by atoms with van der Waals surface area (Å²) in [7, 11) is 0. The highest BCUT2D eigenvalue weighted by Gasteiger charge is 2.27. The summed E-state index contributed by atoms with van der Waals surface area (Å²) in [6.07, 6.45) is 0.799. The maximum atomic E-state index is 9.07. The molecule has 4 nitrogen and oxygen atoms in total. The molecule has 0 aliphatic carbocycles. The number of aliphatic hydroxyl groups is 1. The summed E-state index contributed by atoms with van der Waals surface area (Å²) in [5.41, 5.74) is 0. The van der Waals surface area contributed by atoms with Crippen LogP contribution in [-0.4, -0.2) is 48.5 Å². The van der Waals surface area contributed by atoms with Crippen LogP contribution >= 0.6 is 0 Å². The largest absolute Gasteiger partial charge is 0.395 e. The normalized spacial score (nSPS) is 26.7. The van der Waals surface area contributed by atoms with Gasteiger partial charge in [-0.2, -0.15) is 5.26 Å². The molecule has 0 aromatic rings. The summed E-state index contributed by atoms with van der Waals surface area (Å²) >= 11 is 0. The molecule has 0 amide bonds. The third-order valence-corrected chi connectivity index (χ3v) is 2.42. The average Bonchev–Trinajstić information content (AvgIpc) is 2.20. The van der Waals surface area contributed by atoms with E-state index >= 15 is 0 Å². The van der Waals surface area contributed by atoms with Gasteiger partial charge in [-0.1, -0.05) is 6.92 Å². The number of hydrogen-bond acceptors (Lipinski definition) is 4. The molecule has 1 aliphatic rings. The Morgan fingerprint density at radius 1 is 1.77 bits per heavy atom. The third-order valence-electron chi connectivity index (χ3n) is 2.42. The van der Waals surface area contributed by atoms with Crippen LogP contribution in [0.15, 0.2) is 0 Å². The fourth-order valence-corrected chi connectivity index (χ4v) is 1.64. The first-order chi connectivity index (χ1) is 6.33. The number of nitriles is 1. The number of ether oxygens (including phenoxy) is 1. The van der Waals surface area contributed by atoms with E-state index in [1.54, 1.807) is 0 Å². The van der Waals surface area contributed by atoms with Crippen LogP contribution in [0.2, 0.25) is 0 Å². The minimum atomic E-state index is -0.0824. The topological polar surface area (TPSA) is 56.5 Å². The van der Waals surface area contributed by atoms with E-state index in [4.69, 9.17) is 15.1 Å². The van der Waals surface area contributed by atoms with E-state index < -0.39 is 0 Å². The Kier molecular flexibility index (Phi) is 4.16. The molecule has 74 valence electrons. The number of rotatable bonds is 3. The van der Waals surface area contributed by atoms with Crippen molar-refractivity contribution in [2.45, 2.75) is 25.4 Å². The van der Waals surface area contributed by atoms with Gasteiger partial charge in [0, 0.05) is 6.54 Å². The number of hydrogen-bond donors (Lipinski definition) is 1. The monoisotopic (exact) mass is 184 g/mol. The SMILES string of the molecule is CCC(C#N)N1CCOCC1CO. The zero-order valence-corrected chi connectivity index (χ0v) is 7.94. The van der Waals surface area contributed by atoms with E-state index in [0.29, 0.717) is 13.2 Å². The molecule has 1 fully saturated rings. The van der Waals surface area contributed by atoms with Crippen molar-refractivity contribution < 1.29 is 9.84 Å². The zero-order valence-electron chi connectivity index (χ0n) is 7.94.